The number of unbranched alkanes of at least 4 members (excludes halogenated alkanes) is 1. The Morgan fingerprint density at radius 2 is 2.06 bits per heavy atom. The van der Waals surface area contributed by atoms with Gasteiger partial charge in [-0.25, -0.2) is 19.4 Å². The van der Waals surface area contributed by atoms with Crippen LogP contribution in [-0.2, 0) is 6.54 Å². The smallest absolute Gasteiger partial charge is 0.218 e. The highest BCUT2D eigenvalue weighted by molar-refractivity contribution is 14.0. The van der Waals surface area contributed by atoms with Gasteiger partial charge in [0.15, 0.2) is 17.6 Å². The summed E-state index contributed by atoms with van der Waals surface area (Å²) in [4.78, 5) is 15.2. The van der Waals surface area contributed by atoms with Crippen molar-refractivity contribution in [3.05, 3.63) is 48.0 Å². The molecule has 2 aromatic heterocycles. The van der Waals surface area contributed by atoms with Gasteiger partial charge in [-0.05, 0) is 38.0 Å². The Kier molecular flexibility index (Phi) is 10.8. The fourth-order valence-electron chi connectivity index (χ4n) is 3.35. The van der Waals surface area contributed by atoms with E-state index >= 15 is 0 Å². The van der Waals surface area contributed by atoms with E-state index in [0.717, 1.165) is 43.9 Å². The molecule has 1 aliphatic heterocycles. The summed E-state index contributed by atoms with van der Waals surface area (Å²) < 4.78 is 19.8. The fourth-order valence-corrected chi connectivity index (χ4v) is 3.35. The zero-order valence-corrected chi connectivity index (χ0v) is 20.5. The lowest BCUT2D eigenvalue weighted by atomic mass is 10.2. The maximum Gasteiger partial charge on any atom is 0.218 e. The summed E-state index contributed by atoms with van der Waals surface area (Å²) in [6.45, 7) is 7.47. The van der Waals surface area contributed by atoms with Crippen LogP contribution in [0, 0.1) is 5.82 Å². The van der Waals surface area contributed by atoms with Gasteiger partial charge in [0.2, 0.25) is 5.88 Å². The molecule has 0 radical (unpaired) electrons. The van der Waals surface area contributed by atoms with Gasteiger partial charge in [-0.1, -0.05) is 19.4 Å². The molecular weight excluding hydrogens is 510 g/mol. The number of halogens is 2. The van der Waals surface area contributed by atoms with Crippen LogP contribution >= 0.6 is 24.0 Å². The number of anilines is 1. The lowest BCUT2D eigenvalue weighted by molar-refractivity contribution is 0.294. The summed E-state index contributed by atoms with van der Waals surface area (Å²) in [6.07, 6.45) is 6.33. The third kappa shape index (κ3) is 7.48. The Balaban J connectivity index is 0.00000341. The molecule has 3 heterocycles. The van der Waals surface area contributed by atoms with Crippen LogP contribution < -0.4 is 20.3 Å². The second kappa shape index (κ2) is 13.3. The molecule has 170 valence electrons. The van der Waals surface area contributed by atoms with Crippen LogP contribution in [0.3, 0.4) is 0 Å². The van der Waals surface area contributed by atoms with Crippen molar-refractivity contribution in [3.8, 4) is 5.88 Å². The quantitative estimate of drug-likeness (QED) is 0.218. The molecule has 1 fully saturated rings. The summed E-state index contributed by atoms with van der Waals surface area (Å²) in [5.74, 6) is 1.50. The largest absolute Gasteiger partial charge is 0.477 e. The molecule has 3 rings (SSSR count). The van der Waals surface area contributed by atoms with E-state index in [1.165, 1.54) is 6.07 Å². The standard InChI is InChI=1S/C22H31FN6O.HI/c1-3-5-14-30-21-17(8-6-12-26-21)15-27-22(24-4-2)28-18-10-13-29(16-18)20-19(23)9-7-11-25-20;/h6-9,11-12,18H,3-5,10,13-16H2,1-2H3,(H2,24,27,28);1H. The highest BCUT2D eigenvalue weighted by Crippen LogP contribution is 2.21. The Morgan fingerprint density at radius 1 is 1.26 bits per heavy atom. The van der Waals surface area contributed by atoms with Crippen molar-refractivity contribution in [1.82, 2.24) is 20.6 Å². The van der Waals surface area contributed by atoms with Gasteiger partial charge in [0.1, 0.15) is 0 Å². The molecule has 0 aromatic carbocycles. The molecule has 0 saturated carbocycles. The average molecular weight is 542 g/mol. The molecule has 0 bridgehead atoms. The number of guanidine groups is 1. The monoisotopic (exact) mass is 542 g/mol. The van der Waals surface area contributed by atoms with Crippen molar-refractivity contribution in [2.75, 3.05) is 31.1 Å². The maximum absolute atomic E-state index is 14.0. The molecule has 2 aromatic rings. The van der Waals surface area contributed by atoms with Gasteiger partial charge in [-0.2, -0.15) is 0 Å². The van der Waals surface area contributed by atoms with Crippen molar-refractivity contribution in [2.45, 2.75) is 45.7 Å². The number of aliphatic imine (C=N–C) groups is 1. The zero-order chi connectivity index (χ0) is 21.2. The van der Waals surface area contributed by atoms with Crippen molar-refractivity contribution >= 4 is 35.8 Å². The maximum atomic E-state index is 14.0. The third-order valence-electron chi connectivity index (χ3n) is 4.91. The minimum atomic E-state index is -0.286. The van der Waals surface area contributed by atoms with Crippen LogP contribution in [0.4, 0.5) is 10.2 Å². The number of hydrogen-bond donors (Lipinski definition) is 2. The van der Waals surface area contributed by atoms with Gasteiger partial charge in [0.05, 0.1) is 13.2 Å². The lowest BCUT2D eigenvalue weighted by Crippen LogP contribution is -2.44. The predicted molar refractivity (Wildman–Crippen MR) is 133 cm³/mol. The predicted octanol–water partition coefficient (Wildman–Crippen LogP) is 3.75. The second-order valence-electron chi connectivity index (χ2n) is 7.25. The van der Waals surface area contributed by atoms with Gasteiger partial charge >= 0.3 is 0 Å². The van der Waals surface area contributed by atoms with E-state index in [9.17, 15) is 4.39 Å². The topological polar surface area (TPSA) is 74.7 Å². The number of rotatable bonds is 9. The van der Waals surface area contributed by atoms with Crippen LogP contribution in [0.15, 0.2) is 41.7 Å². The number of nitrogens with zero attached hydrogens (tertiary/aromatic N) is 4. The summed E-state index contributed by atoms with van der Waals surface area (Å²) in [5.41, 5.74) is 0.953. The van der Waals surface area contributed by atoms with E-state index in [-0.39, 0.29) is 35.8 Å². The van der Waals surface area contributed by atoms with Crippen LogP contribution in [0.25, 0.3) is 0 Å². The van der Waals surface area contributed by atoms with Gasteiger partial charge in [0.25, 0.3) is 0 Å². The van der Waals surface area contributed by atoms with E-state index in [1.54, 1.807) is 18.5 Å². The molecule has 7 nitrogen and oxygen atoms in total. The number of hydrogen-bond acceptors (Lipinski definition) is 5. The Hall–Kier alpha value is -2.17. The number of ether oxygens (including phenoxy) is 1. The first-order valence-electron chi connectivity index (χ1n) is 10.7. The van der Waals surface area contributed by atoms with Crippen LogP contribution in [0.1, 0.15) is 38.7 Å². The van der Waals surface area contributed by atoms with E-state index in [2.05, 4.69) is 27.5 Å². The van der Waals surface area contributed by atoms with Crippen LogP contribution in [-0.4, -0.2) is 48.2 Å². The first-order chi connectivity index (χ1) is 14.7. The normalized spacial score (nSPS) is 16.0. The Bertz CT molecular complexity index is 837. The molecule has 31 heavy (non-hydrogen) atoms. The third-order valence-corrected chi connectivity index (χ3v) is 4.91. The highest BCUT2D eigenvalue weighted by Gasteiger charge is 2.26. The Morgan fingerprint density at radius 3 is 2.84 bits per heavy atom. The molecule has 1 aliphatic rings. The zero-order valence-electron chi connectivity index (χ0n) is 18.2. The van der Waals surface area contributed by atoms with Gasteiger partial charge in [-0.15, -0.1) is 24.0 Å². The summed E-state index contributed by atoms with van der Waals surface area (Å²) >= 11 is 0. The van der Waals surface area contributed by atoms with Crippen molar-refractivity contribution < 1.29 is 9.13 Å². The Labute approximate surface area is 200 Å². The first-order valence-corrected chi connectivity index (χ1v) is 10.7. The second-order valence-corrected chi connectivity index (χ2v) is 7.25. The minimum Gasteiger partial charge on any atom is -0.477 e. The molecule has 1 atom stereocenters. The van der Waals surface area contributed by atoms with E-state index in [4.69, 9.17) is 9.73 Å². The molecule has 1 saturated heterocycles. The number of nitrogens with one attached hydrogen (secondary N) is 2. The van der Waals surface area contributed by atoms with E-state index < -0.39 is 0 Å². The first kappa shape index (κ1) is 25.1. The summed E-state index contributed by atoms with van der Waals surface area (Å²) in [7, 11) is 0. The number of pyridine rings is 2. The highest BCUT2D eigenvalue weighted by atomic mass is 127. The summed E-state index contributed by atoms with van der Waals surface area (Å²) in [6, 6.07) is 7.11. The van der Waals surface area contributed by atoms with Crippen molar-refractivity contribution in [1.29, 1.82) is 0 Å². The molecule has 2 N–H and O–H groups in total. The number of aromatic nitrogens is 2. The van der Waals surface area contributed by atoms with Crippen LogP contribution in [0.5, 0.6) is 5.88 Å². The average Bonchev–Trinajstić information content (AvgIpc) is 3.22. The SMILES string of the molecule is CCCCOc1ncccc1CN=C(NCC)NC1CCN(c2ncccc2F)C1.I. The van der Waals surface area contributed by atoms with Gasteiger partial charge in [-0.3, -0.25) is 0 Å². The lowest BCUT2D eigenvalue weighted by Gasteiger charge is -2.20. The van der Waals surface area contributed by atoms with Gasteiger partial charge in [0, 0.05) is 43.6 Å². The van der Waals surface area contributed by atoms with Crippen LogP contribution in [0.2, 0.25) is 0 Å². The van der Waals surface area contributed by atoms with E-state index in [0.29, 0.717) is 31.4 Å². The minimum absolute atomic E-state index is 0. The summed E-state index contributed by atoms with van der Waals surface area (Å²) in [5, 5.41) is 6.75. The van der Waals surface area contributed by atoms with Gasteiger partial charge < -0.3 is 20.3 Å². The molecule has 9 heteroatoms. The molecule has 0 aliphatic carbocycles. The molecule has 0 spiro atoms. The van der Waals surface area contributed by atoms with Crippen molar-refractivity contribution in [2.24, 2.45) is 4.99 Å². The van der Waals surface area contributed by atoms with E-state index in [1.807, 2.05) is 24.0 Å². The molecule has 0 amide bonds. The molecular formula is C22H32FIN6O. The molecule has 1 unspecified atom stereocenters. The fraction of sp³-hybridized carbons (Fsp3) is 0.500. The van der Waals surface area contributed by atoms with Crippen molar-refractivity contribution in [3.63, 3.8) is 0 Å².